The maximum absolute atomic E-state index is 12.2. The SMILES string of the molecule is O=C1N[C@H]2CCC[C@@H]1CN(C(=O)NCc1nccs1)C2. The lowest BCUT2D eigenvalue weighted by Crippen LogP contribution is -2.46. The van der Waals surface area contributed by atoms with Crippen LogP contribution in [0.1, 0.15) is 24.3 Å². The van der Waals surface area contributed by atoms with Crippen LogP contribution in [0.2, 0.25) is 0 Å². The molecule has 1 aromatic heterocycles. The number of urea groups is 1. The van der Waals surface area contributed by atoms with Crippen molar-refractivity contribution in [1.29, 1.82) is 0 Å². The molecule has 2 aliphatic heterocycles. The molecule has 0 aliphatic carbocycles. The second kappa shape index (κ2) is 5.78. The molecule has 2 atom stereocenters. The molecule has 2 fully saturated rings. The largest absolute Gasteiger partial charge is 0.351 e. The van der Waals surface area contributed by atoms with E-state index in [0.29, 0.717) is 19.6 Å². The third kappa shape index (κ3) is 2.92. The number of likely N-dealkylation sites (tertiary alicyclic amines) is 1. The van der Waals surface area contributed by atoms with Gasteiger partial charge in [-0.25, -0.2) is 9.78 Å². The van der Waals surface area contributed by atoms with Gasteiger partial charge in [0.1, 0.15) is 5.01 Å². The van der Waals surface area contributed by atoms with E-state index in [1.165, 1.54) is 11.3 Å². The van der Waals surface area contributed by atoms with Crippen LogP contribution in [-0.4, -0.2) is 41.0 Å². The molecule has 2 aliphatic rings. The van der Waals surface area contributed by atoms with E-state index in [-0.39, 0.29) is 23.9 Å². The van der Waals surface area contributed by atoms with Gasteiger partial charge in [-0.1, -0.05) is 6.42 Å². The second-order valence-electron chi connectivity index (χ2n) is 5.32. The molecule has 3 rings (SSSR count). The number of hydrogen-bond donors (Lipinski definition) is 2. The fraction of sp³-hybridized carbons (Fsp3) is 0.615. The first kappa shape index (κ1) is 13.4. The Labute approximate surface area is 121 Å². The molecule has 0 spiro atoms. The van der Waals surface area contributed by atoms with E-state index in [9.17, 15) is 9.59 Å². The quantitative estimate of drug-likeness (QED) is 0.853. The highest BCUT2D eigenvalue weighted by Gasteiger charge is 2.34. The minimum atomic E-state index is -0.103. The van der Waals surface area contributed by atoms with Crippen LogP contribution in [0.25, 0.3) is 0 Å². The zero-order valence-corrected chi connectivity index (χ0v) is 12.0. The number of carbonyl (C=O) groups excluding carboxylic acids is 2. The molecule has 6 nitrogen and oxygen atoms in total. The summed E-state index contributed by atoms with van der Waals surface area (Å²) in [7, 11) is 0. The van der Waals surface area contributed by atoms with Gasteiger partial charge in [0.2, 0.25) is 5.91 Å². The zero-order valence-electron chi connectivity index (χ0n) is 11.2. The van der Waals surface area contributed by atoms with E-state index >= 15 is 0 Å². The van der Waals surface area contributed by atoms with Gasteiger partial charge in [0, 0.05) is 30.7 Å². The van der Waals surface area contributed by atoms with Crippen molar-refractivity contribution in [2.45, 2.75) is 31.8 Å². The Hall–Kier alpha value is -1.63. The Morgan fingerprint density at radius 1 is 1.50 bits per heavy atom. The van der Waals surface area contributed by atoms with Gasteiger partial charge in [0.15, 0.2) is 0 Å². The van der Waals surface area contributed by atoms with Gasteiger partial charge in [-0.3, -0.25) is 4.79 Å². The number of nitrogens with one attached hydrogen (secondary N) is 2. The smallest absolute Gasteiger partial charge is 0.317 e. The molecular weight excluding hydrogens is 276 g/mol. The summed E-state index contributed by atoms with van der Waals surface area (Å²) in [5.41, 5.74) is 0. The average Bonchev–Trinajstić information content (AvgIpc) is 2.80. The molecule has 2 bridgehead atoms. The second-order valence-corrected chi connectivity index (χ2v) is 6.30. The summed E-state index contributed by atoms with van der Waals surface area (Å²) < 4.78 is 0. The topological polar surface area (TPSA) is 74.3 Å². The van der Waals surface area contributed by atoms with Crippen LogP contribution in [0, 0.1) is 5.92 Å². The minimum Gasteiger partial charge on any atom is -0.351 e. The van der Waals surface area contributed by atoms with Crippen LogP contribution in [0.15, 0.2) is 11.6 Å². The van der Waals surface area contributed by atoms with Crippen molar-refractivity contribution in [1.82, 2.24) is 20.5 Å². The Morgan fingerprint density at radius 2 is 2.40 bits per heavy atom. The fourth-order valence-corrected chi connectivity index (χ4v) is 3.38. The summed E-state index contributed by atoms with van der Waals surface area (Å²) >= 11 is 1.52. The Morgan fingerprint density at radius 3 is 3.20 bits per heavy atom. The lowest BCUT2D eigenvalue weighted by atomic mass is 9.99. The third-order valence-electron chi connectivity index (χ3n) is 3.87. The Kier molecular flexibility index (Phi) is 3.86. The van der Waals surface area contributed by atoms with E-state index in [0.717, 1.165) is 24.3 Å². The summed E-state index contributed by atoms with van der Waals surface area (Å²) in [4.78, 5) is 30.1. The number of thiazole rings is 1. The van der Waals surface area contributed by atoms with Crippen molar-refractivity contribution >= 4 is 23.3 Å². The first-order chi connectivity index (χ1) is 9.72. The molecule has 0 radical (unpaired) electrons. The van der Waals surface area contributed by atoms with Crippen LogP contribution < -0.4 is 10.6 Å². The molecule has 3 heterocycles. The minimum absolute atomic E-state index is 0.0619. The van der Waals surface area contributed by atoms with Crippen molar-refractivity contribution in [2.75, 3.05) is 13.1 Å². The van der Waals surface area contributed by atoms with Crippen LogP contribution in [-0.2, 0) is 11.3 Å². The van der Waals surface area contributed by atoms with Crippen LogP contribution >= 0.6 is 11.3 Å². The molecule has 2 N–H and O–H groups in total. The lowest BCUT2D eigenvalue weighted by molar-refractivity contribution is -0.124. The Bertz CT molecular complexity index is 491. The molecule has 1 aromatic rings. The molecule has 2 saturated heterocycles. The third-order valence-corrected chi connectivity index (χ3v) is 4.65. The van der Waals surface area contributed by atoms with Gasteiger partial charge in [0.05, 0.1) is 12.5 Å². The maximum atomic E-state index is 12.2. The first-order valence-corrected chi connectivity index (χ1v) is 7.82. The van der Waals surface area contributed by atoms with Crippen molar-refractivity contribution in [3.05, 3.63) is 16.6 Å². The molecular formula is C13H18N4O2S. The van der Waals surface area contributed by atoms with Gasteiger partial charge >= 0.3 is 6.03 Å². The maximum Gasteiger partial charge on any atom is 0.317 e. The van der Waals surface area contributed by atoms with Crippen LogP contribution in [0.3, 0.4) is 0 Å². The predicted molar refractivity (Wildman–Crippen MR) is 75.2 cm³/mol. The van der Waals surface area contributed by atoms with E-state index in [1.807, 2.05) is 5.38 Å². The highest BCUT2D eigenvalue weighted by molar-refractivity contribution is 7.09. The van der Waals surface area contributed by atoms with E-state index in [4.69, 9.17) is 0 Å². The summed E-state index contributed by atoms with van der Waals surface area (Å²) in [5.74, 6) is 0.0378. The molecule has 0 unspecified atom stereocenters. The number of nitrogens with zero attached hydrogens (tertiary/aromatic N) is 2. The molecule has 20 heavy (non-hydrogen) atoms. The summed E-state index contributed by atoms with van der Waals surface area (Å²) in [5, 5.41) is 8.69. The van der Waals surface area contributed by atoms with Gasteiger partial charge in [-0.05, 0) is 12.8 Å². The van der Waals surface area contributed by atoms with Gasteiger partial charge in [-0.2, -0.15) is 0 Å². The number of fused-ring (bicyclic) bond motifs is 3. The zero-order chi connectivity index (χ0) is 13.9. The van der Waals surface area contributed by atoms with Crippen LogP contribution in [0.4, 0.5) is 4.79 Å². The number of aromatic nitrogens is 1. The van der Waals surface area contributed by atoms with Gasteiger partial charge in [-0.15, -0.1) is 11.3 Å². The van der Waals surface area contributed by atoms with E-state index < -0.39 is 0 Å². The molecule has 7 heteroatoms. The summed E-state index contributed by atoms with van der Waals surface area (Å²) in [6, 6.07) is -0.00536. The van der Waals surface area contributed by atoms with Crippen molar-refractivity contribution in [3.8, 4) is 0 Å². The van der Waals surface area contributed by atoms with Crippen molar-refractivity contribution in [3.63, 3.8) is 0 Å². The van der Waals surface area contributed by atoms with Crippen molar-refractivity contribution in [2.24, 2.45) is 5.92 Å². The van der Waals surface area contributed by atoms with Crippen molar-refractivity contribution < 1.29 is 9.59 Å². The number of carbonyl (C=O) groups is 2. The molecule has 0 saturated carbocycles. The number of amides is 3. The standard InChI is InChI=1S/C13H18N4O2S/c18-12-9-2-1-3-10(16-12)8-17(7-9)13(19)15-6-11-14-4-5-20-11/h4-5,9-10H,1-3,6-8H2,(H,15,19)(H,16,18)/t9-,10+/m1/s1. The lowest BCUT2D eigenvalue weighted by Gasteiger charge is -2.27. The summed E-state index contributed by atoms with van der Waals surface area (Å²) in [6.07, 6.45) is 4.62. The first-order valence-electron chi connectivity index (χ1n) is 6.94. The average molecular weight is 294 g/mol. The molecule has 0 aromatic carbocycles. The molecule has 3 amide bonds. The van der Waals surface area contributed by atoms with E-state index in [1.54, 1.807) is 11.1 Å². The highest BCUT2D eigenvalue weighted by atomic mass is 32.1. The van der Waals surface area contributed by atoms with Crippen LogP contribution in [0.5, 0.6) is 0 Å². The monoisotopic (exact) mass is 294 g/mol. The Balaban J connectivity index is 1.61. The van der Waals surface area contributed by atoms with Gasteiger partial charge in [0.25, 0.3) is 0 Å². The number of rotatable bonds is 2. The fourth-order valence-electron chi connectivity index (χ4n) is 2.82. The highest BCUT2D eigenvalue weighted by Crippen LogP contribution is 2.21. The van der Waals surface area contributed by atoms with E-state index in [2.05, 4.69) is 15.6 Å². The molecule has 108 valence electrons. The number of hydrogen-bond acceptors (Lipinski definition) is 4. The predicted octanol–water partition coefficient (Wildman–Crippen LogP) is 0.953. The normalized spacial score (nSPS) is 25.8. The van der Waals surface area contributed by atoms with Gasteiger partial charge < -0.3 is 15.5 Å². The summed E-state index contributed by atoms with van der Waals surface area (Å²) in [6.45, 7) is 1.57.